The summed E-state index contributed by atoms with van der Waals surface area (Å²) in [6, 6.07) is 0. The van der Waals surface area contributed by atoms with Crippen LogP contribution in [-0.2, 0) is 19.4 Å². The molecule has 0 aromatic rings. The highest BCUT2D eigenvalue weighted by Gasteiger charge is 2.60. The van der Waals surface area contributed by atoms with Gasteiger partial charge in [-0.15, -0.1) is 0 Å². The minimum atomic E-state index is -3.09. The number of hydrogen-bond donors (Lipinski definition) is 1. The van der Waals surface area contributed by atoms with Crippen molar-refractivity contribution in [1.29, 1.82) is 0 Å². The predicted molar refractivity (Wildman–Crippen MR) is 93.4 cm³/mol. The fourth-order valence-corrected chi connectivity index (χ4v) is 6.88. The minimum absolute atomic E-state index is 0.000399. The molecule has 4 fully saturated rings. The molecule has 4 saturated carbocycles. The Balaban J connectivity index is 1.46. The summed E-state index contributed by atoms with van der Waals surface area (Å²) >= 11 is 0. The van der Waals surface area contributed by atoms with Gasteiger partial charge in [-0.2, -0.15) is 0 Å². The van der Waals surface area contributed by atoms with Gasteiger partial charge in [0, 0.05) is 19.2 Å². The Bertz CT molecular complexity index is 597. The van der Waals surface area contributed by atoms with Crippen LogP contribution >= 0.6 is 0 Å². The Morgan fingerprint density at radius 1 is 1.12 bits per heavy atom. The summed E-state index contributed by atoms with van der Waals surface area (Å²) in [5.74, 6) is 0.483. The fraction of sp³-hybridized carbons (Fsp3) is 0.944. The molecular formula is C18H31NO4S. The van der Waals surface area contributed by atoms with Crippen LogP contribution in [-0.4, -0.2) is 45.1 Å². The number of rotatable bonds is 7. The zero-order chi connectivity index (χ0) is 17.6. The summed E-state index contributed by atoms with van der Waals surface area (Å²) in [6.45, 7) is 5.81. The molecule has 4 aliphatic rings. The van der Waals surface area contributed by atoms with Gasteiger partial charge in [0.05, 0.1) is 18.0 Å². The highest BCUT2D eigenvalue weighted by atomic mass is 32.2. The van der Waals surface area contributed by atoms with Crippen LogP contribution in [0, 0.1) is 16.7 Å². The molecule has 0 radical (unpaired) electrons. The molecule has 0 aromatic heterocycles. The maximum atomic E-state index is 11.7. The van der Waals surface area contributed by atoms with Gasteiger partial charge >= 0.3 is 0 Å². The number of nitrogens with one attached hydrogen (secondary N) is 1. The molecule has 4 aliphatic carbocycles. The standard InChI is InChI=1S/C18H31NO4S/c1-16-8-14-9-17(2,11-16)13-18(10-14,12-16)23-6-5-19-15(20)4-7-24(3,21)22/h14H,4-13H2,1-3H3,(H,19,20). The van der Waals surface area contributed by atoms with E-state index >= 15 is 0 Å². The highest BCUT2D eigenvalue weighted by Crippen LogP contribution is 2.67. The molecule has 138 valence electrons. The van der Waals surface area contributed by atoms with E-state index in [1.165, 1.54) is 25.7 Å². The third-order valence-corrected chi connectivity index (χ3v) is 7.05. The first-order valence-corrected chi connectivity index (χ1v) is 11.2. The van der Waals surface area contributed by atoms with Crippen molar-refractivity contribution in [2.24, 2.45) is 16.7 Å². The largest absolute Gasteiger partial charge is 0.373 e. The third-order valence-electron chi connectivity index (χ3n) is 6.11. The summed E-state index contributed by atoms with van der Waals surface area (Å²) in [7, 11) is -3.09. The quantitative estimate of drug-likeness (QED) is 0.710. The first-order valence-electron chi connectivity index (χ1n) is 9.09. The molecule has 1 amide bonds. The molecule has 4 bridgehead atoms. The van der Waals surface area contributed by atoms with E-state index in [1.54, 1.807) is 0 Å². The van der Waals surface area contributed by atoms with Gasteiger partial charge < -0.3 is 10.1 Å². The highest BCUT2D eigenvalue weighted by molar-refractivity contribution is 7.90. The van der Waals surface area contributed by atoms with Crippen LogP contribution in [0.4, 0.5) is 0 Å². The average molecular weight is 358 g/mol. The van der Waals surface area contributed by atoms with Crippen molar-refractivity contribution in [3.8, 4) is 0 Å². The van der Waals surface area contributed by atoms with E-state index in [-0.39, 0.29) is 23.7 Å². The Labute approximate surface area is 145 Å². The van der Waals surface area contributed by atoms with Gasteiger partial charge in [0.25, 0.3) is 0 Å². The van der Waals surface area contributed by atoms with E-state index in [4.69, 9.17) is 4.74 Å². The van der Waals surface area contributed by atoms with Gasteiger partial charge in [-0.3, -0.25) is 4.79 Å². The van der Waals surface area contributed by atoms with Gasteiger partial charge in [-0.25, -0.2) is 8.42 Å². The third kappa shape index (κ3) is 4.13. The molecule has 0 spiro atoms. The van der Waals surface area contributed by atoms with E-state index in [1.807, 2.05) is 0 Å². The summed E-state index contributed by atoms with van der Waals surface area (Å²) < 4.78 is 28.5. The second-order valence-electron chi connectivity index (χ2n) is 9.39. The zero-order valence-electron chi connectivity index (χ0n) is 15.2. The van der Waals surface area contributed by atoms with Crippen LogP contribution in [0.15, 0.2) is 0 Å². The van der Waals surface area contributed by atoms with Gasteiger partial charge in [0.15, 0.2) is 0 Å². The maximum absolute atomic E-state index is 11.7. The lowest BCUT2D eigenvalue weighted by atomic mass is 9.43. The van der Waals surface area contributed by atoms with Crippen molar-refractivity contribution >= 4 is 15.7 Å². The maximum Gasteiger partial charge on any atom is 0.221 e. The first kappa shape index (κ1) is 18.2. The molecule has 0 aliphatic heterocycles. The summed E-state index contributed by atoms with van der Waals surface area (Å²) in [4.78, 5) is 11.7. The van der Waals surface area contributed by atoms with Gasteiger partial charge in [0.1, 0.15) is 9.84 Å². The molecule has 5 nitrogen and oxygen atoms in total. The molecule has 1 N–H and O–H groups in total. The van der Waals surface area contributed by atoms with Crippen molar-refractivity contribution in [2.75, 3.05) is 25.2 Å². The number of amides is 1. The number of sulfone groups is 1. The fourth-order valence-electron chi connectivity index (χ4n) is 6.33. The summed E-state index contributed by atoms with van der Waals surface area (Å²) in [5, 5.41) is 2.78. The molecule has 0 saturated heterocycles. The lowest BCUT2D eigenvalue weighted by Crippen LogP contribution is -2.59. The number of ether oxygens (including phenoxy) is 1. The molecule has 4 rings (SSSR count). The normalized spacial score (nSPS) is 40.7. The van der Waals surface area contributed by atoms with Crippen LogP contribution in [0.25, 0.3) is 0 Å². The van der Waals surface area contributed by atoms with Gasteiger partial charge in [0.2, 0.25) is 5.91 Å². The Kier molecular flexibility index (Phi) is 4.53. The molecular weight excluding hydrogens is 326 g/mol. The van der Waals surface area contributed by atoms with E-state index in [2.05, 4.69) is 19.2 Å². The number of hydrogen-bond acceptors (Lipinski definition) is 4. The SMILES string of the molecule is CC12CC3CC(C)(C1)CC(OCCNC(=O)CCS(C)(=O)=O)(C3)C2. The van der Waals surface area contributed by atoms with Crippen molar-refractivity contribution in [3.63, 3.8) is 0 Å². The molecule has 2 unspecified atom stereocenters. The van der Waals surface area contributed by atoms with Crippen LogP contribution in [0.3, 0.4) is 0 Å². The van der Waals surface area contributed by atoms with Gasteiger partial charge in [-0.1, -0.05) is 13.8 Å². The van der Waals surface area contributed by atoms with E-state index in [9.17, 15) is 13.2 Å². The van der Waals surface area contributed by atoms with Crippen molar-refractivity contribution in [3.05, 3.63) is 0 Å². The van der Waals surface area contributed by atoms with Crippen LogP contribution < -0.4 is 5.32 Å². The zero-order valence-corrected chi connectivity index (χ0v) is 16.0. The minimum Gasteiger partial charge on any atom is -0.373 e. The molecule has 0 aromatic carbocycles. The Hall–Kier alpha value is -0.620. The summed E-state index contributed by atoms with van der Waals surface area (Å²) in [5.41, 5.74) is 0.847. The van der Waals surface area contributed by atoms with E-state index in [0.717, 1.165) is 25.0 Å². The van der Waals surface area contributed by atoms with Crippen molar-refractivity contribution < 1.29 is 17.9 Å². The monoisotopic (exact) mass is 357 g/mol. The smallest absolute Gasteiger partial charge is 0.221 e. The van der Waals surface area contributed by atoms with E-state index in [0.29, 0.717) is 24.0 Å². The lowest BCUT2D eigenvalue weighted by Gasteiger charge is -2.65. The second-order valence-corrected chi connectivity index (χ2v) is 11.7. The first-order chi connectivity index (χ1) is 11.0. The predicted octanol–water partition coefficient (Wildman–Crippen LogP) is 2.30. The van der Waals surface area contributed by atoms with Crippen LogP contribution in [0.1, 0.15) is 58.8 Å². The summed E-state index contributed by atoms with van der Waals surface area (Å²) in [6.07, 6.45) is 8.65. The Morgan fingerprint density at radius 3 is 2.29 bits per heavy atom. The Morgan fingerprint density at radius 2 is 1.75 bits per heavy atom. The van der Waals surface area contributed by atoms with Crippen LogP contribution in [0.2, 0.25) is 0 Å². The molecule has 0 heterocycles. The second kappa shape index (κ2) is 5.97. The van der Waals surface area contributed by atoms with Crippen molar-refractivity contribution in [1.82, 2.24) is 5.32 Å². The van der Waals surface area contributed by atoms with Crippen molar-refractivity contribution in [2.45, 2.75) is 64.4 Å². The average Bonchev–Trinajstić information content (AvgIpc) is 2.36. The molecule has 6 heteroatoms. The molecule has 24 heavy (non-hydrogen) atoms. The molecule has 2 atom stereocenters. The van der Waals surface area contributed by atoms with E-state index < -0.39 is 9.84 Å². The van der Waals surface area contributed by atoms with Gasteiger partial charge in [-0.05, 0) is 55.3 Å². The lowest BCUT2D eigenvalue weighted by molar-refractivity contribution is -0.213. The van der Waals surface area contributed by atoms with Crippen LogP contribution in [0.5, 0.6) is 0 Å². The number of carbonyl (C=O) groups is 1. The topological polar surface area (TPSA) is 72.5 Å². The number of carbonyl (C=O) groups excluding carboxylic acids is 1.